The quantitative estimate of drug-likeness (QED) is 0.754. The van der Waals surface area contributed by atoms with Crippen molar-refractivity contribution in [1.29, 1.82) is 0 Å². The van der Waals surface area contributed by atoms with Gasteiger partial charge in [0, 0.05) is 0 Å². The van der Waals surface area contributed by atoms with Crippen LogP contribution in [0.25, 0.3) is 0 Å². The molecule has 0 spiro atoms. The van der Waals surface area contributed by atoms with Crippen molar-refractivity contribution >= 4 is 17.8 Å². The van der Waals surface area contributed by atoms with Gasteiger partial charge in [-0.1, -0.05) is 30.3 Å². The molecule has 2 N–H and O–H groups in total. The van der Waals surface area contributed by atoms with Gasteiger partial charge in [0.05, 0.1) is 12.5 Å². The molecule has 7 nitrogen and oxygen atoms in total. The molecule has 1 saturated heterocycles. The maximum Gasteiger partial charge on any atom is 0.338 e. The van der Waals surface area contributed by atoms with Crippen LogP contribution in [-0.4, -0.2) is 45.6 Å². The molecule has 1 fully saturated rings. The predicted molar refractivity (Wildman–Crippen MR) is 81.2 cm³/mol. The third-order valence-corrected chi connectivity index (χ3v) is 3.70. The third-order valence-electron chi connectivity index (χ3n) is 3.70. The van der Waals surface area contributed by atoms with Crippen LogP contribution in [-0.2, 0) is 25.6 Å². The molecular formula is C16H20N2O5. The molecule has 0 aliphatic carbocycles. The lowest BCUT2D eigenvalue weighted by molar-refractivity contribution is -0.273. The molecule has 1 aromatic carbocycles. The summed E-state index contributed by atoms with van der Waals surface area (Å²) in [4.78, 5) is 40.3. The van der Waals surface area contributed by atoms with Gasteiger partial charge in [-0.2, -0.15) is 0 Å². The van der Waals surface area contributed by atoms with E-state index in [4.69, 9.17) is 9.94 Å². The van der Waals surface area contributed by atoms with E-state index in [9.17, 15) is 14.4 Å². The number of aliphatic carboxylic acids is 1. The third kappa shape index (κ3) is 3.68. The lowest BCUT2D eigenvalue weighted by Gasteiger charge is -2.46. The number of nitrogens with one attached hydrogen (secondary N) is 1. The number of hydrogen-bond acceptors (Lipinski definition) is 4. The highest BCUT2D eigenvalue weighted by molar-refractivity contribution is 5.93. The van der Waals surface area contributed by atoms with Crippen LogP contribution in [0.15, 0.2) is 30.3 Å². The van der Waals surface area contributed by atoms with Crippen LogP contribution in [0.3, 0.4) is 0 Å². The number of rotatable bonds is 6. The lowest BCUT2D eigenvalue weighted by atomic mass is 9.99. The van der Waals surface area contributed by atoms with E-state index in [1.54, 1.807) is 6.92 Å². The summed E-state index contributed by atoms with van der Waals surface area (Å²) in [6, 6.07) is 8.06. The lowest BCUT2D eigenvalue weighted by Crippen LogP contribution is -2.71. The van der Waals surface area contributed by atoms with Crippen molar-refractivity contribution in [3.8, 4) is 0 Å². The van der Waals surface area contributed by atoms with Crippen molar-refractivity contribution in [2.75, 3.05) is 0 Å². The molecule has 1 heterocycles. The second-order valence-corrected chi connectivity index (χ2v) is 6.02. The molecular weight excluding hydrogens is 300 g/mol. The Morgan fingerprint density at radius 2 is 1.91 bits per heavy atom. The zero-order valence-corrected chi connectivity index (χ0v) is 13.3. The first-order valence-corrected chi connectivity index (χ1v) is 7.31. The van der Waals surface area contributed by atoms with Gasteiger partial charge >= 0.3 is 5.97 Å². The fourth-order valence-electron chi connectivity index (χ4n) is 2.20. The van der Waals surface area contributed by atoms with Crippen molar-refractivity contribution in [3.05, 3.63) is 35.9 Å². The van der Waals surface area contributed by atoms with Crippen LogP contribution in [0.5, 0.6) is 0 Å². The Labute approximate surface area is 134 Å². The molecule has 0 bridgehead atoms. The zero-order chi connectivity index (χ0) is 17.2. The summed E-state index contributed by atoms with van der Waals surface area (Å²) in [6.07, 6.45) is 0.179. The number of hydrogen-bond donors (Lipinski definition) is 2. The van der Waals surface area contributed by atoms with Gasteiger partial charge in [-0.15, -0.1) is 0 Å². The van der Waals surface area contributed by atoms with E-state index in [1.165, 1.54) is 13.8 Å². The number of carboxylic acid groups (broad SMARTS) is 1. The topological polar surface area (TPSA) is 95.9 Å². The van der Waals surface area contributed by atoms with Gasteiger partial charge in [-0.3, -0.25) is 14.4 Å². The van der Waals surface area contributed by atoms with E-state index in [0.29, 0.717) is 0 Å². The standard InChI is InChI=1S/C16H20N2O5/c1-10-13(14(20)18(10)23-16(2,3)15(21)22)17-12(19)9-11-7-5-4-6-8-11/h4-8,10,13H,9H2,1-3H3,(H,17,19)(H,21,22). The smallest absolute Gasteiger partial charge is 0.338 e. The first-order chi connectivity index (χ1) is 10.7. The Hall–Kier alpha value is -2.41. The highest BCUT2D eigenvalue weighted by Crippen LogP contribution is 2.25. The van der Waals surface area contributed by atoms with Crippen molar-refractivity contribution in [2.45, 2.75) is 44.9 Å². The summed E-state index contributed by atoms with van der Waals surface area (Å²) >= 11 is 0. The predicted octanol–water partition coefficient (Wildman–Crippen LogP) is 0.739. The van der Waals surface area contributed by atoms with E-state index in [-0.39, 0.29) is 12.3 Å². The van der Waals surface area contributed by atoms with Gasteiger partial charge in [0.2, 0.25) is 5.91 Å². The van der Waals surface area contributed by atoms with Gasteiger partial charge in [-0.25, -0.2) is 9.86 Å². The molecule has 7 heteroatoms. The number of carboxylic acids is 1. The molecule has 23 heavy (non-hydrogen) atoms. The molecule has 0 aromatic heterocycles. The summed E-state index contributed by atoms with van der Waals surface area (Å²) in [6.45, 7) is 4.40. The summed E-state index contributed by atoms with van der Waals surface area (Å²) in [5.74, 6) is -1.89. The Morgan fingerprint density at radius 1 is 1.30 bits per heavy atom. The molecule has 124 valence electrons. The van der Waals surface area contributed by atoms with Gasteiger partial charge in [0.1, 0.15) is 6.04 Å². The zero-order valence-electron chi connectivity index (χ0n) is 13.3. The minimum atomic E-state index is -1.51. The summed E-state index contributed by atoms with van der Waals surface area (Å²) in [7, 11) is 0. The molecule has 1 aromatic rings. The first kappa shape index (κ1) is 17.0. The van der Waals surface area contributed by atoms with E-state index in [1.807, 2.05) is 30.3 Å². The van der Waals surface area contributed by atoms with E-state index in [0.717, 1.165) is 10.6 Å². The number of nitrogens with zero attached hydrogens (tertiary/aromatic N) is 1. The number of benzene rings is 1. The molecule has 0 saturated carbocycles. The monoisotopic (exact) mass is 320 g/mol. The summed E-state index contributed by atoms with van der Waals surface area (Å²) in [5, 5.41) is 12.7. The molecule has 1 aliphatic rings. The maximum atomic E-state index is 12.1. The second-order valence-electron chi connectivity index (χ2n) is 6.02. The highest BCUT2D eigenvalue weighted by Gasteiger charge is 2.49. The molecule has 0 radical (unpaired) electrons. The normalized spacial score (nSPS) is 20.8. The summed E-state index contributed by atoms with van der Waals surface area (Å²) < 4.78 is 0. The van der Waals surface area contributed by atoms with Gasteiger partial charge in [-0.05, 0) is 26.3 Å². The van der Waals surface area contributed by atoms with Crippen molar-refractivity contribution in [2.24, 2.45) is 0 Å². The average molecular weight is 320 g/mol. The minimum absolute atomic E-state index is 0.179. The minimum Gasteiger partial charge on any atom is -0.479 e. The van der Waals surface area contributed by atoms with Crippen LogP contribution in [0.2, 0.25) is 0 Å². The van der Waals surface area contributed by atoms with Gasteiger partial charge in [0.15, 0.2) is 5.60 Å². The molecule has 2 atom stereocenters. The first-order valence-electron chi connectivity index (χ1n) is 7.31. The van der Waals surface area contributed by atoms with Crippen LogP contribution in [0.1, 0.15) is 26.3 Å². The SMILES string of the molecule is CC1C(NC(=O)Cc2ccccc2)C(=O)N1OC(C)(C)C(=O)O. The Morgan fingerprint density at radius 3 is 2.43 bits per heavy atom. The van der Waals surface area contributed by atoms with Gasteiger partial charge < -0.3 is 10.4 Å². The molecule has 2 unspecified atom stereocenters. The van der Waals surface area contributed by atoms with E-state index in [2.05, 4.69) is 5.32 Å². The Kier molecular flexibility index (Phi) is 4.70. The number of carbonyl (C=O) groups is 3. The van der Waals surface area contributed by atoms with Crippen LogP contribution in [0.4, 0.5) is 0 Å². The van der Waals surface area contributed by atoms with Gasteiger partial charge in [0.25, 0.3) is 5.91 Å². The average Bonchev–Trinajstić information content (AvgIpc) is 2.51. The molecule has 2 rings (SSSR count). The van der Waals surface area contributed by atoms with Crippen molar-refractivity contribution in [1.82, 2.24) is 10.4 Å². The largest absolute Gasteiger partial charge is 0.479 e. The fourth-order valence-corrected chi connectivity index (χ4v) is 2.20. The molecule has 1 aliphatic heterocycles. The number of hydroxylamine groups is 2. The van der Waals surface area contributed by atoms with E-state index >= 15 is 0 Å². The van der Waals surface area contributed by atoms with Crippen LogP contribution >= 0.6 is 0 Å². The second kappa shape index (κ2) is 6.37. The van der Waals surface area contributed by atoms with Crippen molar-refractivity contribution < 1.29 is 24.3 Å². The van der Waals surface area contributed by atoms with Crippen LogP contribution < -0.4 is 5.32 Å². The number of β-lactam (4-membered cyclic amide) rings is 1. The van der Waals surface area contributed by atoms with E-state index < -0.39 is 29.6 Å². The Balaban J connectivity index is 1.90. The molecule has 2 amide bonds. The Bertz CT molecular complexity index is 614. The number of carbonyl (C=O) groups excluding carboxylic acids is 2. The van der Waals surface area contributed by atoms with Crippen molar-refractivity contribution in [3.63, 3.8) is 0 Å². The van der Waals surface area contributed by atoms with Crippen LogP contribution in [0, 0.1) is 0 Å². The highest BCUT2D eigenvalue weighted by atomic mass is 16.7. The fraction of sp³-hybridized carbons (Fsp3) is 0.438. The summed E-state index contributed by atoms with van der Waals surface area (Å²) in [5.41, 5.74) is -0.660. The maximum absolute atomic E-state index is 12.1. The number of amides is 2.